The van der Waals surface area contributed by atoms with Crippen LogP contribution in [-0.4, -0.2) is 61.6 Å². The van der Waals surface area contributed by atoms with Crippen LogP contribution < -0.4 is 15.5 Å². The van der Waals surface area contributed by atoms with Crippen LogP contribution in [0.15, 0.2) is 48.5 Å². The Hall–Kier alpha value is -3.06. The van der Waals surface area contributed by atoms with Gasteiger partial charge in [0, 0.05) is 48.8 Å². The Morgan fingerprint density at radius 2 is 1.48 bits per heavy atom. The monoisotopic (exact) mass is 450 g/mol. The van der Waals surface area contributed by atoms with Crippen molar-refractivity contribution >= 4 is 28.9 Å². The van der Waals surface area contributed by atoms with Crippen molar-refractivity contribution in [2.75, 3.05) is 48.3 Å². The fraction of sp³-hybridized carbons (Fsp3) is 0.462. The first-order chi connectivity index (χ1) is 16.0. The maximum absolute atomic E-state index is 12.8. The van der Waals surface area contributed by atoms with E-state index in [1.807, 2.05) is 43.0 Å². The zero-order valence-electron chi connectivity index (χ0n) is 19.5. The van der Waals surface area contributed by atoms with E-state index in [0.717, 1.165) is 24.5 Å². The SMILES string of the molecule is CC1CN(C(=O)c2ccc(NCC(=O)Nc3ccc(N4CCCCC4)cc3)cc2)CC(C)O1. The molecule has 176 valence electrons. The summed E-state index contributed by atoms with van der Waals surface area (Å²) < 4.78 is 5.71. The van der Waals surface area contributed by atoms with Gasteiger partial charge < -0.3 is 25.2 Å². The molecule has 2 amide bonds. The molecular formula is C26H34N4O3. The van der Waals surface area contributed by atoms with Crippen LogP contribution in [0.25, 0.3) is 0 Å². The van der Waals surface area contributed by atoms with E-state index >= 15 is 0 Å². The molecule has 4 rings (SSSR count). The van der Waals surface area contributed by atoms with E-state index in [-0.39, 0.29) is 30.6 Å². The maximum Gasteiger partial charge on any atom is 0.254 e. The second-order valence-corrected chi connectivity index (χ2v) is 9.04. The number of carbonyl (C=O) groups excluding carboxylic acids is 2. The lowest BCUT2D eigenvalue weighted by Crippen LogP contribution is -2.48. The standard InChI is InChI=1S/C26H34N4O3/c1-19-17-30(18-20(2)33-19)26(32)21-6-8-22(9-7-21)27-16-25(31)28-23-10-12-24(13-11-23)29-14-4-3-5-15-29/h6-13,19-20,27H,3-5,14-18H2,1-2H3,(H,28,31). The van der Waals surface area contributed by atoms with Crippen LogP contribution in [0.2, 0.25) is 0 Å². The molecule has 2 aliphatic heterocycles. The van der Waals surface area contributed by atoms with Crippen molar-refractivity contribution < 1.29 is 14.3 Å². The third-order valence-electron chi connectivity index (χ3n) is 6.16. The third kappa shape index (κ3) is 6.26. The molecule has 2 aromatic rings. The molecule has 7 heteroatoms. The minimum Gasteiger partial charge on any atom is -0.376 e. The molecule has 0 bridgehead atoms. The zero-order chi connectivity index (χ0) is 23.2. The Labute approximate surface area is 196 Å². The lowest BCUT2D eigenvalue weighted by molar-refractivity contribution is -0.114. The molecule has 0 spiro atoms. The largest absolute Gasteiger partial charge is 0.376 e. The van der Waals surface area contributed by atoms with Crippen LogP contribution in [0.1, 0.15) is 43.5 Å². The summed E-state index contributed by atoms with van der Waals surface area (Å²) in [5.41, 5.74) is 3.44. The van der Waals surface area contributed by atoms with E-state index in [9.17, 15) is 9.59 Å². The van der Waals surface area contributed by atoms with Gasteiger partial charge in [-0.2, -0.15) is 0 Å². The quantitative estimate of drug-likeness (QED) is 0.697. The Kier molecular flexibility index (Phi) is 7.50. The first-order valence-corrected chi connectivity index (χ1v) is 11.9. The number of hydrogen-bond donors (Lipinski definition) is 2. The van der Waals surface area contributed by atoms with Gasteiger partial charge in [0.2, 0.25) is 5.91 Å². The van der Waals surface area contributed by atoms with Crippen LogP contribution in [0.4, 0.5) is 17.1 Å². The molecule has 0 saturated carbocycles. The molecule has 0 aromatic heterocycles. The Balaban J connectivity index is 1.25. The lowest BCUT2D eigenvalue weighted by atomic mass is 10.1. The summed E-state index contributed by atoms with van der Waals surface area (Å²) in [6.45, 7) is 7.52. The van der Waals surface area contributed by atoms with E-state index in [1.165, 1.54) is 24.9 Å². The molecule has 2 saturated heterocycles. The molecule has 2 heterocycles. The lowest BCUT2D eigenvalue weighted by Gasteiger charge is -2.35. The van der Waals surface area contributed by atoms with Crippen molar-refractivity contribution in [1.82, 2.24) is 4.90 Å². The molecule has 2 N–H and O–H groups in total. The second kappa shape index (κ2) is 10.7. The van der Waals surface area contributed by atoms with Crippen molar-refractivity contribution in [3.8, 4) is 0 Å². The van der Waals surface area contributed by atoms with Crippen LogP contribution in [-0.2, 0) is 9.53 Å². The van der Waals surface area contributed by atoms with Crippen molar-refractivity contribution in [1.29, 1.82) is 0 Å². The summed E-state index contributed by atoms with van der Waals surface area (Å²) in [7, 11) is 0. The summed E-state index contributed by atoms with van der Waals surface area (Å²) in [5, 5.41) is 6.05. The highest BCUT2D eigenvalue weighted by Crippen LogP contribution is 2.22. The average Bonchev–Trinajstić information content (AvgIpc) is 2.83. The highest BCUT2D eigenvalue weighted by molar-refractivity contribution is 5.95. The van der Waals surface area contributed by atoms with Crippen molar-refractivity contribution in [2.45, 2.75) is 45.3 Å². The topological polar surface area (TPSA) is 73.9 Å². The van der Waals surface area contributed by atoms with Gasteiger partial charge >= 0.3 is 0 Å². The Bertz CT molecular complexity index is 929. The minimum atomic E-state index is -0.114. The van der Waals surface area contributed by atoms with Crippen LogP contribution >= 0.6 is 0 Å². The number of hydrogen-bond acceptors (Lipinski definition) is 5. The van der Waals surface area contributed by atoms with Gasteiger partial charge in [0.15, 0.2) is 0 Å². The van der Waals surface area contributed by atoms with E-state index in [2.05, 4.69) is 27.7 Å². The molecule has 2 aliphatic rings. The first kappa shape index (κ1) is 23.1. The molecule has 2 fully saturated rings. The molecule has 0 radical (unpaired) electrons. The second-order valence-electron chi connectivity index (χ2n) is 9.04. The number of benzene rings is 2. The summed E-state index contributed by atoms with van der Waals surface area (Å²) in [4.78, 5) is 29.4. The molecule has 2 aromatic carbocycles. The fourth-order valence-electron chi connectivity index (χ4n) is 4.55. The molecule has 2 atom stereocenters. The highest BCUT2D eigenvalue weighted by atomic mass is 16.5. The number of carbonyl (C=O) groups is 2. The predicted molar refractivity (Wildman–Crippen MR) is 132 cm³/mol. The Morgan fingerprint density at radius 1 is 0.879 bits per heavy atom. The summed E-state index contributed by atoms with van der Waals surface area (Å²) in [6.07, 6.45) is 3.87. The highest BCUT2D eigenvalue weighted by Gasteiger charge is 2.26. The van der Waals surface area contributed by atoms with Gasteiger partial charge in [-0.15, -0.1) is 0 Å². The summed E-state index contributed by atoms with van der Waals surface area (Å²) in [6, 6.07) is 15.3. The van der Waals surface area contributed by atoms with E-state index in [0.29, 0.717) is 18.7 Å². The third-order valence-corrected chi connectivity index (χ3v) is 6.16. The normalized spacial score (nSPS) is 20.9. The fourth-order valence-corrected chi connectivity index (χ4v) is 4.55. The van der Waals surface area contributed by atoms with E-state index in [1.54, 1.807) is 12.1 Å². The first-order valence-electron chi connectivity index (χ1n) is 11.9. The van der Waals surface area contributed by atoms with E-state index < -0.39 is 0 Å². The van der Waals surface area contributed by atoms with Gasteiger partial charge in [0.1, 0.15) is 0 Å². The maximum atomic E-state index is 12.8. The number of morpholine rings is 1. The Morgan fingerprint density at radius 3 is 2.12 bits per heavy atom. The number of ether oxygens (including phenoxy) is 1. The number of amides is 2. The predicted octanol–water partition coefficient (Wildman–Crippen LogP) is 3.98. The average molecular weight is 451 g/mol. The van der Waals surface area contributed by atoms with Crippen LogP contribution in [0.5, 0.6) is 0 Å². The van der Waals surface area contributed by atoms with Gasteiger partial charge in [-0.05, 0) is 81.6 Å². The number of piperidine rings is 1. The van der Waals surface area contributed by atoms with Gasteiger partial charge in [-0.25, -0.2) is 0 Å². The summed E-state index contributed by atoms with van der Waals surface area (Å²) in [5.74, 6) is -0.105. The van der Waals surface area contributed by atoms with Gasteiger partial charge in [0.05, 0.1) is 18.8 Å². The van der Waals surface area contributed by atoms with Gasteiger partial charge in [-0.3, -0.25) is 9.59 Å². The molecule has 33 heavy (non-hydrogen) atoms. The van der Waals surface area contributed by atoms with Gasteiger partial charge in [0.25, 0.3) is 5.91 Å². The van der Waals surface area contributed by atoms with Crippen molar-refractivity contribution in [3.05, 3.63) is 54.1 Å². The smallest absolute Gasteiger partial charge is 0.254 e. The van der Waals surface area contributed by atoms with Crippen LogP contribution in [0, 0.1) is 0 Å². The van der Waals surface area contributed by atoms with Crippen molar-refractivity contribution in [2.24, 2.45) is 0 Å². The van der Waals surface area contributed by atoms with Crippen molar-refractivity contribution in [3.63, 3.8) is 0 Å². The minimum absolute atomic E-state index is 0.00860. The summed E-state index contributed by atoms with van der Waals surface area (Å²) >= 11 is 0. The van der Waals surface area contributed by atoms with Crippen LogP contribution in [0.3, 0.4) is 0 Å². The molecular weight excluding hydrogens is 416 g/mol. The number of nitrogens with one attached hydrogen (secondary N) is 2. The number of anilines is 3. The zero-order valence-corrected chi connectivity index (χ0v) is 19.5. The number of nitrogens with zero attached hydrogens (tertiary/aromatic N) is 2. The molecule has 0 aliphatic carbocycles. The van der Waals surface area contributed by atoms with E-state index in [4.69, 9.17) is 4.74 Å². The number of rotatable bonds is 6. The molecule has 7 nitrogen and oxygen atoms in total. The molecule has 2 unspecified atom stereocenters. The van der Waals surface area contributed by atoms with Gasteiger partial charge in [-0.1, -0.05) is 0 Å².